The average Bonchev–Trinajstić information content (AvgIpc) is 2.89. The largest absolute Gasteiger partial charge is 0.369 e. The first kappa shape index (κ1) is 10.3. The van der Waals surface area contributed by atoms with Crippen molar-refractivity contribution in [2.45, 2.75) is 25.3 Å². The van der Waals surface area contributed by atoms with Gasteiger partial charge in [-0.15, -0.1) is 0 Å². The minimum absolute atomic E-state index is 0.169. The fourth-order valence-corrected chi connectivity index (χ4v) is 2.44. The number of aromatic amines is 2. The van der Waals surface area contributed by atoms with E-state index in [4.69, 9.17) is 5.73 Å². The summed E-state index contributed by atoms with van der Waals surface area (Å²) < 4.78 is 0. The van der Waals surface area contributed by atoms with Crippen LogP contribution in [-0.2, 0) is 6.42 Å². The van der Waals surface area contributed by atoms with Crippen molar-refractivity contribution in [1.29, 1.82) is 0 Å². The van der Waals surface area contributed by atoms with Gasteiger partial charge in [0.1, 0.15) is 11.0 Å². The van der Waals surface area contributed by atoms with Gasteiger partial charge in [0.05, 0.1) is 0 Å². The van der Waals surface area contributed by atoms with Crippen molar-refractivity contribution in [2.75, 3.05) is 12.3 Å². The second-order valence-electron chi connectivity index (χ2n) is 4.49. The van der Waals surface area contributed by atoms with Crippen molar-refractivity contribution in [3.63, 3.8) is 0 Å². The summed E-state index contributed by atoms with van der Waals surface area (Å²) in [5.41, 5.74) is 7.61. The molecule has 90 valence electrons. The zero-order valence-electron chi connectivity index (χ0n) is 9.42. The molecule has 0 aromatic carbocycles. The van der Waals surface area contributed by atoms with Gasteiger partial charge in [0, 0.05) is 12.2 Å². The molecule has 5 N–H and O–H groups in total. The smallest absolute Gasteiger partial charge is 0.276 e. The SMILES string of the molecule is Nc1nc2c(CC3CCCN3)c[nH]c2c(=O)[nH]1. The van der Waals surface area contributed by atoms with Crippen molar-refractivity contribution < 1.29 is 0 Å². The van der Waals surface area contributed by atoms with Gasteiger partial charge in [-0.3, -0.25) is 9.78 Å². The number of hydrogen-bond donors (Lipinski definition) is 4. The van der Waals surface area contributed by atoms with Crippen molar-refractivity contribution in [1.82, 2.24) is 20.3 Å². The van der Waals surface area contributed by atoms with Crippen LogP contribution in [0.3, 0.4) is 0 Å². The Bertz CT molecular complexity index is 593. The molecule has 1 unspecified atom stereocenters. The number of aromatic nitrogens is 3. The molecule has 3 heterocycles. The second-order valence-corrected chi connectivity index (χ2v) is 4.49. The Labute approximate surface area is 97.6 Å². The molecule has 1 aliphatic rings. The maximum Gasteiger partial charge on any atom is 0.276 e. The molecule has 3 rings (SSSR count). The Morgan fingerprint density at radius 3 is 3.18 bits per heavy atom. The number of nitrogens with two attached hydrogens (primary N) is 1. The summed E-state index contributed by atoms with van der Waals surface area (Å²) in [6.07, 6.45) is 5.12. The first-order valence-corrected chi connectivity index (χ1v) is 5.83. The molecular formula is C11H15N5O. The van der Waals surface area contributed by atoms with Crippen LogP contribution in [0, 0.1) is 0 Å². The Morgan fingerprint density at radius 2 is 2.41 bits per heavy atom. The van der Waals surface area contributed by atoms with Gasteiger partial charge in [-0.05, 0) is 31.4 Å². The van der Waals surface area contributed by atoms with Gasteiger partial charge in [0.2, 0.25) is 5.95 Å². The van der Waals surface area contributed by atoms with Gasteiger partial charge < -0.3 is 16.0 Å². The lowest BCUT2D eigenvalue weighted by molar-refractivity contribution is 0.604. The zero-order chi connectivity index (χ0) is 11.8. The number of nitrogens with zero attached hydrogens (tertiary/aromatic N) is 1. The van der Waals surface area contributed by atoms with E-state index in [2.05, 4.69) is 20.3 Å². The minimum atomic E-state index is -0.210. The van der Waals surface area contributed by atoms with Crippen molar-refractivity contribution in [3.05, 3.63) is 22.1 Å². The predicted octanol–water partition coefficient (Wildman–Crippen LogP) is 0.128. The van der Waals surface area contributed by atoms with Gasteiger partial charge in [0.25, 0.3) is 5.56 Å². The Balaban J connectivity index is 2.02. The molecular weight excluding hydrogens is 218 g/mol. The number of hydrogen-bond acceptors (Lipinski definition) is 4. The molecule has 6 nitrogen and oxygen atoms in total. The van der Waals surface area contributed by atoms with Crippen LogP contribution in [0.25, 0.3) is 11.0 Å². The number of H-pyrrole nitrogens is 2. The normalized spacial score (nSPS) is 20.1. The lowest BCUT2D eigenvalue weighted by atomic mass is 10.1. The third-order valence-electron chi connectivity index (χ3n) is 3.26. The number of nitrogen functional groups attached to an aromatic ring is 1. The summed E-state index contributed by atoms with van der Waals surface area (Å²) in [5, 5.41) is 3.43. The number of anilines is 1. The first-order chi connectivity index (χ1) is 8.24. The van der Waals surface area contributed by atoms with Gasteiger partial charge >= 0.3 is 0 Å². The van der Waals surface area contributed by atoms with E-state index in [-0.39, 0.29) is 11.5 Å². The Kier molecular flexibility index (Phi) is 2.36. The molecule has 0 spiro atoms. The predicted molar refractivity (Wildman–Crippen MR) is 65.9 cm³/mol. The van der Waals surface area contributed by atoms with Crippen LogP contribution in [0.4, 0.5) is 5.95 Å². The summed E-state index contributed by atoms with van der Waals surface area (Å²) in [6, 6.07) is 0.483. The average molecular weight is 233 g/mol. The Hall–Kier alpha value is -1.82. The van der Waals surface area contributed by atoms with Crippen molar-refractivity contribution in [2.24, 2.45) is 0 Å². The maximum absolute atomic E-state index is 11.6. The molecule has 2 aromatic heterocycles. The number of rotatable bonds is 2. The third kappa shape index (κ3) is 1.80. The highest BCUT2D eigenvalue weighted by atomic mass is 16.1. The van der Waals surface area contributed by atoms with E-state index in [9.17, 15) is 4.79 Å². The quantitative estimate of drug-likeness (QED) is 0.592. The monoisotopic (exact) mass is 233 g/mol. The van der Waals surface area contributed by atoms with E-state index in [0.29, 0.717) is 17.1 Å². The van der Waals surface area contributed by atoms with Crippen molar-refractivity contribution >= 4 is 17.0 Å². The standard InChI is InChI=1S/C11H15N5O/c12-11-15-8-6(4-7-2-1-3-13-7)5-14-9(8)10(17)16-11/h5,7,13-14H,1-4H2,(H3,12,15,16,17). The summed E-state index contributed by atoms with van der Waals surface area (Å²) in [7, 11) is 0. The van der Waals surface area contributed by atoms with Gasteiger partial charge in [-0.25, -0.2) is 4.98 Å². The molecule has 0 saturated carbocycles. The molecule has 1 saturated heterocycles. The minimum Gasteiger partial charge on any atom is -0.369 e. The second kappa shape index (κ2) is 3.89. The molecule has 6 heteroatoms. The van der Waals surface area contributed by atoms with Crippen LogP contribution in [0.2, 0.25) is 0 Å². The Morgan fingerprint density at radius 1 is 1.53 bits per heavy atom. The van der Waals surface area contributed by atoms with Crippen molar-refractivity contribution in [3.8, 4) is 0 Å². The van der Waals surface area contributed by atoms with E-state index in [1.54, 1.807) is 0 Å². The summed E-state index contributed by atoms with van der Waals surface area (Å²) >= 11 is 0. The third-order valence-corrected chi connectivity index (χ3v) is 3.26. The maximum atomic E-state index is 11.6. The lowest BCUT2D eigenvalue weighted by Gasteiger charge is -2.08. The molecule has 0 aliphatic carbocycles. The number of fused-ring (bicyclic) bond motifs is 1. The van der Waals surface area contributed by atoms with Crippen LogP contribution < -0.4 is 16.6 Å². The molecule has 0 amide bonds. The van der Waals surface area contributed by atoms with E-state index < -0.39 is 0 Å². The molecule has 17 heavy (non-hydrogen) atoms. The van der Waals surface area contributed by atoms with Crippen LogP contribution in [0.5, 0.6) is 0 Å². The van der Waals surface area contributed by atoms with E-state index in [1.807, 2.05) is 6.20 Å². The first-order valence-electron chi connectivity index (χ1n) is 5.83. The summed E-state index contributed by atoms with van der Waals surface area (Å²) in [6.45, 7) is 1.07. The zero-order valence-corrected chi connectivity index (χ0v) is 9.42. The van der Waals surface area contributed by atoms with Crippen LogP contribution in [-0.4, -0.2) is 27.5 Å². The topological polar surface area (TPSA) is 99.6 Å². The highest BCUT2D eigenvalue weighted by Crippen LogP contribution is 2.18. The van der Waals surface area contributed by atoms with E-state index in [0.717, 1.165) is 18.5 Å². The highest BCUT2D eigenvalue weighted by molar-refractivity contribution is 5.78. The van der Waals surface area contributed by atoms with Crippen LogP contribution in [0.15, 0.2) is 11.0 Å². The number of nitrogens with one attached hydrogen (secondary N) is 3. The fraction of sp³-hybridized carbons (Fsp3) is 0.455. The molecule has 1 fully saturated rings. The fourth-order valence-electron chi connectivity index (χ4n) is 2.44. The highest BCUT2D eigenvalue weighted by Gasteiger charge is 2.17. The molecule has 1 aliphatic heterocycles. The lowest BCUT2D eigenvalue weighted by Crippen LogP contribution is -2.23. The van der Waals surface area contributed by atoms with Crippen LogP contribution in [0.1, 0.15) is 18.4 Å². The molecule has 2 aromatic rings. The van der Waals surface area contributed by atoms with Gasteiger partial charge in [-0.1, -0.05) is 0 Å². The molecule has 0 radical (unpaired) electrons. The van der Waals surface area contributed by atoms with Gasteiger partial charge in [0.15, 0.2) is 0 Å². The summed E-state index contributed by atoms with van der Waals surface area (Å²) in [5.74, 6) is 0.169. The summed E-state index contributed by atoms with van der Waals surface area (Å²) in [4.78, 5) is 21.3. The van der Waals surface area contributed by atoms with Gasteiger partial charge in [-0.2, -0.15) is 0 Å². The molecule has 1 atom stereocenters. The van der Waals surface area contributed by atoms with E-state index >= 15 is 0 Å². The van der Waals surface area contributed by atoms with Crippen LogP contribution >= 0.6 is 0 Å². The van der Waals surface area contributed by atoms with E-state index in [1.165, 1.54) is 12.8 Å². The molecule has 0 bridgehead atoms.